The van der Waals surface area contributed by atoms with E-state index in [2.05, 4.69) is 0 Å². The zero-order chi connectivity index (χ0) is 13.3. The summed E-state index contributed by atoms with van der Waals surface area (Å²) in [6.07, 6.45) is 3.41. The number of benzene rings is 1. The van der Waals surface area contributed by atoms with Crippen molar-refractivity contribution in [1.82, 2.24) is 0 Å². The molecule has 2 N–H and O–H groups in total. The predicted octanol–water partition coefficient (Wildman–Crippen LogP) is 3.22. The van der Waals surface area contributed by atoms with Crippen molar-refractivity contribution >= 4 is 11.6 Å². The summed E-state index contributed by atoms with van der Waals surface area (Å²) in [5.74, 6) is 0.262. The minimum atomic E-state index is -0.715. The molecule has 100 valence electrons. The SMILES string of the molecule is COc1cc(Cl)c(F)c(C2(N)CCCC2)c1OC. The van der Waals surface area contributed by atoms with Crippen LogP contribution in [0.15, 0.2) is 6.07 Å². The first-order chi connectivity index (χ1) is 8.53. The zero-order valence-corrected chi connectivity index (χ0v) is 11.3. The summed E-state index contributed by atoms with van der Waals surface area (Å²) < 4.78 is 24.8. The highest BCUT2D eigenvalue weighted by atomic mass is 35.5. The molecule has 0 radical (unpaired) electrons. The van der Waals surface area contributed by atoms with Gasteiger partial charge in [-0.1, -0.05) is 24.4 Å². The van der Waals surface area contributed by atoms with Crippen molar-refractivity contribution in [2.45, 2.75) is 31.2 Å². The van der Waals surface area contributed by atoms with Gasteiger partial charge in [-0.05, 0) is 12.8 Å². The number of ether oxygens (including phenoxy) is 2. The lowest BCUT2D eigenvalue weighted by Gasteiger charge is -2.28. The molecule has 0 heterocycles. The van der Waals surface area contributed by atoms with Crippen LogP contribution in [0.5, 0.6) is 11.5 Å². The van der Waals surface area contributed by atoms with Crippen LogP contribution in [0.25, 0.3) is 0 Å². The summed E-state index contributed by atoms with van der Waals surface area (Å²) >= 11 is 5.90. The molecule has 0 spiro atoms. The van der Waals surface area contributed by atoms with Gasteiger partial charge in [0.2, 0.25) is 0 Å². The Hall–Kier alpha value is -1.00. The Morgan fingerprint density at radius 1 is 1.28 bits per heavy atom. The third-order valence-corrected chi connectivity index (χ3v) is 3.83. The largest absolute Gasteiger partial charge is 0.493 e. The van der Waals surface area contributed by atoms with Crippen LogP contribution in [-0.4, -0.2) is 14.2 Å². The van der Waals surface area contributed by atoms with Crippen LogP contribution < -0.4 is 15.2 Å². The van der Waals surface area contributed by atoms with Gasteiger partial charge in [-0.2, -0.15) is 0 Å². The van der Waals surface area contributed by atoms with E-state index in [1.807, 2.05) is 0 Å². The standard InChI is InChI=1S/C13H17ClFNO2/c1-17-9-7-8(14)11(15)10(12(9)18-2)13(16)5-3-4-6-13/h7H,3-6,16H2,1-2H3. The van der Waals surface area contributed by atoms with Gasteiger partial charge >= 0.3 is 0 Å². The Labute approximate surface area is 111 Å². The van der Waals surface area contributed by atoms with E-state index in [1.54, 1.807) is 0 Å². The molecule has 1 saturated carbocycles. The normalized spacial score (nSPS) is 17.8. The average molecular weight is 274 g/mol. The van der Waals surface area contributed by atoms with E-state index in [9.17, 15) is 4.39 Å². The van der Waals surface area contributed by atoms with Crippen LogP contribution in [0, 0.1) is 5.82 Å². The van der Waals surface area contributed by atoms with Gasteiger partial charge in [-0.15, -0.1) is 0 Å². The highest BCUT2D eigenvalue weighted by Gasteiger charge is 2.38. The van der Waals surface area contributed by atoms with E-state index in [4.69, 9.17) is 26.8 Å². The molecule has 1 aliphatic carbocycles. The molecule has 0 aliphatic heterocycles. The molecule has 2 rings (SSSR count). The molecule has 0 aromatic heterocycles. The third-order valence-electron chi connectivity index (χ3n) is 3.56. The number of methoxy groups -OCH3 is 2. The van der Waals surface area contributed by atoms with Crippen molar-refractivity contribution in [2.75, 3.05) is 14.2 Å². The van der Waals surface area contributed by atoms with Gasteiger partial charge in [-0.25, -0.2) is 4.39 Å². The fourth-order valence-corrected chi connectivity index (χ4v) is 2.83. The Bertz CT molecular complexity index is 459. The number of hydrogen-bond donors (Lipinski definition) is 1. The minimum absolute atomic E-state index is 0.0133. The van der Waals surface area contributed by atoms with Crippen molar-refractivity contribution in [2.24, 2.45) is 5.73 Å². The van der Waals surface area contributed by atoms with Crippen LogP contribution in [0.3, 0.4) is 0 Å². The van der Waals surface area contributed by atoms with Crippen LogP contribution in [0.4, 0.5) is 4.39 Å². The molecule has 1 aromatic rings. The molecule has 1 fully saturated rings. The third kappa shape index (κ3) is 2.04. The molecule has 1 aliphatic rings. The average Bonchev–Trinajstić information content (AvgIpc) is 2.79. The monoisotopic (exact) mass is 273 g/mol. The molecule has 1 aromatic carbocycles. The molecule has 5 heteroatoms. The summed E-state index contributed by atoms with van der Waals surface area (Å²) in [6.45, 7) is 0. The van der Waals surface area contributed by atoms with Gasteiger partial charge in [0, 0.05) is 11.6 Å². The topological polar surface area (TPSA) is 44.5 Å². The van der Waals surface area contributed by atoms with Gasteiger partial charge in [0.1, 0.15) is 0 Å². The number of nitrogens with two attached hydrogens (primary N) is 1. The summed E-state index contributed by atoms with van der Waals surface area (Å²) in [5.41, 5.74) is 5.94. The lowest BCUT2D eigenvalue weighted by atomic mass is 9.88. The summed E-state index contributed by atoms with van der Waals surface area (Å²) in [7, 11) is 2.97. The lowest BCUT2D eigenvalue weighted by molar-refractivity contribution is 0.329. The van der Waals surface area contributed by atoms with E-state index in [0.29, 0.717) is 17.1 Å². The predicted molar refractivity (Wildman–Crippen MR) is 68.8 cm³/mol. The lowest BCUT2D eigenvalue weighted by Crippen LogP contribution is -2.35. The number of halogens is 2. The fraction of sp³-hybridized carbons (Fsp3) is 0.538. The van der Waals surface area contributed by atoms with E-state index < -0.39 is 11.4 Å². The van der Waals surface area contributed by atoms with Crippen LogP contribution in [0.2, 0.25) is 5.02 Å². The summed E-state index contributed by atoms with van der Waals surface area (Å²) in [5, 5.41) is 0.0133. The first-order valence-electron chi connectivity index (χ1n) is 5.93. The van der Waals surface area contributed by atoms with Crippen LogP contribution in [0.1, 0.15) is 31.2 Å². The molecule has 3 nitrogen and oxygen atoms in total. The first kappa shape index (κ1) is 13.4. The highest BCUT2D eigenvalue weighted by molar-refractivity contribution is 6.31. The molecule has 0 saturated heterocycles. The Morgan fingerprint density at radius 2 is 1.89 bits per heavy atom. The summed E-state index contributed by atoms with van der Waals surface area (Å²) in [4.78, 5) is 0. The molecule has 18 heavy (non-hydrogen) atoms. The Kier molecular flexibility index (Phi) is 3.69. The van der Waals surface area contributed by atoms with E-state index in [-0.39, 0.29) is 5.02 Å². The molecule has 0 unspecified atom stereocenters. The molecular weight excluding hydrogens is 257 g/mol. The first-order valence-corrected chi connectivity index (χ1v) is 6.30. The van der Waals surface area contributed by atoms with Crippen molar-refractivity contribution < 1.29 is 13.9 Å². The zero-order valence-electron chi connectivity index (χ0n) is 10.6. The Balaban J connectivity index is 2.66. The molecular formula is C13H17ClFNO2. The maximum atomic E-state index is 14.3. The number of hydrogen-bond acceptors (Lipinski definition) is 3. The van der Waals surface area contributed by atoms with Gasteiger partial charge in [0.25, 0.3) is 0 Å². The summed E-state index contributed by atoms with van der Waals surface area (Å²) in [6, 6.07) is 1.41. The highest BCUT2D eigenvalue weighted by Crippen LogP contribution is 2.47. The Morgan fingerprint density at radius 3 is 2.39 bits per heavy atom. The van der Waals surface area contributed by atoms with Crippen molar-refractivity contribution in [3.05, 3.63) is 22.5 Å². The van der Waals surface area contributed by atoms with Gasteiger partial charge in [-0.3, -0.25) is 0 Å². The van der Waals surface area contributed by atoms with E-state index in [1.165, 1.54) is 20.3 Å². The number of rotatable bonds is 3. The van der Waals surface area contributed by atoms with Crippen molar-refractivity contribution in [1.29, 1.82) is 0 Å². The maximum absolute atomic E-state index is 14.3. The second-order valence-corrected chi connectivity index (χ2v) is 5.05. The van der Waals surface area contributed by atoms with Gasteiger partial charge in [0.15, 0.2) is 17.3 Å². The fourth-order valence-electron chi connectivity index (χ4n) is 2.64. The second-order valence-electron chi connectivity index (χ2n) is 4.65. The molecule has 0 amide bonds. The second kappa shape index (κ2) is 4.94. The maximum Gasteiger partial charge on any atom is 0.168 e. The quantitative estimate of drug-likeness (QED) is 0.920. The smallest absolute Gasteiger partial charge is 0.168 e. The molecule has 0 bridgehead atoms. The minimum Gasteiger partial charge on any atom is -0.493 e. The molecule has 0 atom stereocenters. The van der Waals surface area contributed by atoms with Crippen LogP contribution >= 0.6 is 11.6 Å². The van der Waals surface area contributed by atoms with E-state index in [0.717, 1.165) is 25.7 Å². The van der Waals surface area contributed by atoms with Crippen molar-refractivity contribution in [3.63, 3.8) is 0 Å². The van der Waals surface area contributed by atoms with Crippen molar-refractivity contribution in [3.8, 4) is 11.5 Å². The van der Waals surface area contributed by atoms with Crippen LogP contribution in [-0.2, 0) is 5.54 Å². The van der Waals surface area contributed by atoms with Gasteiger partial charge < -0.3 is 15.2 Å². The van der Waals surface area contributed by atoms with E-state index >= 15 is 0 Å². The van der Waals surface area contributed by atoms with Gasteiger partial charge in [0.05, 0.1) is 24.8 Å².